The van der Waals surface area contributed by atoms with Crippen LogP contribution in [0.3, 0.4) is 0 Å². The fourth-order valence-electron chi connectivity index (χ4n) is 1.77. The molecule has 0 aliphatic carbocycles. The third-order valence-corrected chi connectivity index (χ3v) is 3.62. The highest BCUT2D eigenvalue weighted by Crippen LogP contribution is 2.23. The summed E-state index contributed by atoms with van der Waals surface area (Å²) >= 11 is 1.35. The maximum atomic E-state index is 11.6. The number of amides is 1. The van der Waals surface area contributed by atoms with Crippen molar-refractivity contribution in [2.75, 3.05) is 18.0 Å². The Bertz CT molecular complexity index is 433. The van der Waals surface area contributed by atoms with Crippen LogP contribution in [0.15, 0.2) is 35.3 Å². The summed E-state index contributed by atoms with van der Waals surface area (Å²) < 4.78 is 0. The van der Waals surface area contributed by atoms with Gasteiger partial charge >= 0.3 is 0 Å². The van der Waals surface area contributed by atoms with Gasteiger partial charge in [0, 0.05) is 18.8 Å². The van der Waals surface area contributed by atoms with Crippen LogP contribution in [0.2, 0.25) is 0 Å². The van der Waals surface area contributed by atoms with E-state index in [0.29, 0.717) is 11.7 Å². The molecule has 1 aromatic rings. The molecular formula is C12H15N3OS. The predicted molar refractivity (Wildman–Crippen MR) is 72.3 cm³/mol. The van der Waals surface area contributed by atoms with E-state index in [1.165, 1.54) is 11.8 Å². The number of rotatable bonds is 4. The summed E-state index contributed by atoms with van der Waals surface area (Å²) in [7, 11) is 0. The van der Waals surface area contributed by atoms with E-state index in [1.807, 2.05) is 30.3 Å². The van der Waals surface area contributed by atoms with Gasteiger partial charge in [-0.15, -0.1) is 0 Å². The molecule has 1 heterocycles. The first-order valence-electron chi connectivity index (χ1n) is 5.55. The van der Waals surface area contributed by atoms with Crippen LogP contribution in [0.5, 0.6) is 0 Å². The molecule has 1 unspecified atom stereocenters. The average Bonchev–Trinajstić information content (AvgIpc) is 2.66. The molecule has 0 saturated carbocycles. The Hall–Kier alpha value is -1.49. The lowest BCUT2D eigenvalue weighted by atomic mass is 10.2. The number of carbonyl (C=O) groups excluding carboxylic acids is 1. The summed E-state index contributed by atoms with van der Waals surface area (Å²) in [5.41, 5.74) is 6.66. The van der Waals surface area contributed by atoms with Gasteiger partial charge in [-0.3, -0.25) is 4.79 Å². The number of nitrogens with two attached hydrogens (primary N) is 1. The summed E-state index contributed by atoms with van der Waals surface area (Å²) in [5.74, 6) is -0.123. The first-order valence-corrected chi connectivity index (χ1v) is 6.43. The maximum Gasteiger partial charge on any atom is 0.263 e. The van der Waals surface area contributed by atoms with Gasteiger partial charge in [-0.1, -0.05) is 30.0 Å². The molecule has 1 aromatic carbocycles. The van der Waals surface area contributed by atoms with Crippen LogP contribution in [-0.2, 0) is 4.79 Å². The molecule has 0 radical (unpaired) electrons. The van der Waals surface area contributed by atoms with Crippen molar-refractivity contribution >= 4 is 28.5 Å². The number of aliphatic imine (C=N–C) groups is 1. The third kappa shape index (κ3) is 2.79. The molecule has 90 valence electrons. The van der Waals surface area contributed by atoms with Crippen LogP contribution in [0.1, 0.15) is 6.92 Å². The van der Waals surface area contributed by atoms with Crippen LogP contribution >= 0.6 is 11.8 Å². The van der Waals surface area contributed by atoms with Crippen LogP contribution < -0.4 is 10.6 Å². The Morgan fingerprint density at radius 1 is 1.41 bits per heavy atom. The monoisotopic (exact) mass is 249 g/mol. The van der Waals surface area contributed by atoms with Crippen molar-refractivity contribution in [3.05, 3.63) is 30.3 Å². The highest BCUT2D eigenvalue weighted by molar-refractivity contribution is 8.15. The number of hydrogen-bond donors (Lipinski definition) is 1. The van der Waals surface area contributed by atoms with Gasteiger partial charge in [0.25, 0.3) is 5.91 Å². The Balaban J connectivity index is 2.05. The fourth-order valence-corrected chi connectivity index (χ4v) is 2.62. The average molecular weight is 249 g/mol. The van der Waals surface area contributed by atoms with Crippen molar-refractivity contribution in [2.24, 2.45) is 10.7 Å². The second-order valence-corrected chi connectivity index (χ2v) is 4.99. The van der Waals surface area contributed by atoms with Crippen LogP contribution in [0, 0.1) is 0 Å². The van der Waals surface area contributed by atoms with Crippen molar-refractivity contribution in [2.45, 2.75) is 12.2 Å². The number of hydrogen-bond acceptors (Lipinski definition) is 4. The molecule has 0 saturated heterocycles. The van der Waals surface area contributed by atoms with E-state index in [0.717, 1.165) is 12.2 Å². The maximum absolute atomic E-state index is 11.6. The van der Waals surface area contributed by atoms with Crippen LogP contribution in [-0.4, -0.2) is 29.4 Å². The van der Waals surface area contributed by atoms with E-state index in [4.69, 9.17) is 5.73 Å². The van der Waals surface area contributed by atoms with Gasteiger partial charge in [0.05, 0.1) is 0 Å². The van der Waals surface area contributed by atoms with Crippen molar-refractivity contribution in [3.8, 4) is 0 Å². The number of anilines is 1. The van der Waals surface area contributed by atoms with Gasteiger partial charge in [-0.2, -0.15) is 4.99 Å². The van der Waals surface area contributed by atoms with Gasteiger partial charge in [-0.25, -0.2) is 0 Å². The summed E-state index contributed by atoms with van der Waals surface area (Å²) in [4.78, 5) is 17.5. The molecule has 2 rings (SSSR count). The van der Waals surface area contributed by atoms with E-state index in [1.54, 1.807) is 0 Å². The molecule has 4 nitrogen and oxygen atoms in total. The Morgan fingerprint density at radius 2 is 2.12 bits per heavy atom. The molecule has 5 heteroatoms. The molecule has 1 aliphatic heterocycles. The number of nitrogens with zero attached hydrogens (tertiary/aromatic N) is 2. The minimum atomic E-state index is -0.171. The highest BCUT2D eigenvalue weighted by atomic mass is 32.2. The molecule has 0 aromatic heterocycles. The van der Waals surface area contributed by atoms with E-state index < -0.39 is 0 Å². The van der Waals surface area contributed by atoms with Gasteiger partial charge in [-0.05, 0) is 19.1 Å². The zero-order chi connectivity index (χ0) is 12.3. The molecule has 17 heavy (non-hydrogen) atoms. The van der Waals surface area contributed by atoms with Gasteiger partial charge in [0.15, 0.2) is 5.17 Å². The topological polar surface area (TPSA) is 58.7 Å². The first kappa shape index (κ1) is 12.0. The standard InChI is InChI=1S/C12H15N3OS/c1-2-15(9-6-4-3-5-7-9)8-10-11(16)14-12(13)17-10/h3-7,10H,2,8H2,1H3,(H2,13,14,16). The van der Waals surface area contributed by atoms with Crippen molar-refractivity contribution in [1.29, 1.82) is 0 Å². The molecular weight excluding hydrogens is 234 g/mol. The lowest BCUT2D eigenvalue weighted by molar-refractivity contribution is -0.116. The number of carbonyl (C=O) groups is 1. The Labute approximate surface area is 105 Å². The Kier molecular flexibility index (Phi) is 3.68. The lowest BCUT2D eigenvalue weighted by Crippen LogP contribution is -2.33. The number of benzene rings is 1. The highest BCUT2D eigenvalue weighted by Gasteiger charge is 2.28. The lowest BCUT2D eigenvalue weighted by Gasteiger charge is -2.24. The molecule has 0 spiro atoms. The second kappa shape index (κ2) is 5.23. The first-order chi connectivity index (χ1) is 8.20. The SMILES string of the molecule is CCN(CC1SC(N)=NC1=O)c1ccccc1. The molecule has 1 amide bonds. The van der Waals surface area contributed by atoms with Crippen molar-refractivity contribution in [1.82, 2.24) is 0 Å². The second-order valence-electron chi connectivity index (χ2n) is 3.77. The molecule has 0 bridgehead atoms. The smallest absolute Gasteiger partial charge is 0.263 e. The molecule has 1 aliphatic rings. The molecule has 0 fully saturated rings. The fraction of sp³-hybridized carbons (Fsp3) is 0.333. The predicted octanol–water partition coefficient (Wildman–Crippen LogP) is 1.47. The summed E-state index contributed by atoms with van der Waals surface area (Å²) in [6, 6.07) is 10.0. The zero-order valence-electron chi connectivity index (χ0n) is 9.67. The number of amidine groups is 1. The molecule has 1 atom stereocenters. The quantitative estimate of drug-likeness (QED) is 0.878. The van der Waals surface area contributed by atoms with Crippen molar-refractivity contribution in [3.63, 3.8) is 0 Å². The van der Waals surface area contributed by atoms with Crippen LogP contribution in [0.25, 0.3) is 0 Å². The van der Waals surface area contributed by atoms with Crippen LogP contribution in [0.4, 0.5) is 5.69 Å². The van der Waals surface area contributed by atoms with E-state index >= 15 is 0 Å². The van der Waals surface area contributed by atoms with Gasteiger partial charge < -0.3 is 10.6 Å². The minimum Gasteiger partial charge on any atom is -0.378 e. The van der Waals surface area contributed by atoms with E-state index in [2.05, 4.69) is 16.8 Å². The summed E-state index contributed by atoms with van der Waals surface area (Å²) in [6.07, 6.45) is 0. The van der Waals surface area contributed by atoms with E-state index in [-0.39, 0.29) is 11.2 Å². The number of thioether (sulfide) groups is 1. The minimum absolute atomic E-state index is 0.123. The van der Waals surface area contributed by atoms with Crippen molar-refractivity contribution < 1.29 is 4.79 Å². The normalized spacial score (nSPS) is 19.2. The zero-order valence-corrected chi connectivity index (χ0v) is 10.5. The van der Waals surface area contributed by atoms with Gasteiger partial charge in [0.1, 0.15) is 5.25 Å². The molecule has 2 N–H and O–H groups in total. The number of para-hydroxylation sites is 1. The summed E-state index contributed by atoms with van der Waals surface area (Å²) in [6.45, 7) is 3.57. The Morgan fingerprint density at radius 3 is 2.65 bits per heavy atom. The van der Waals surface area contributed by atoms with E-state index in [9.17, 15) is 4.79 Å². The van der Waals surface area contributed by atoms with Gasteiger partial charge in [0.2, 0.25) is 0 Å². The third-order valence-electron chi connectivity index (χ3n) is 2.65. The summed E-state index contributed by atoms with van der Waals surface area (Å²) in [5, 5.41) is 0.208. The largest absolute Gasteiger partial charge is 0.378 e.